The molecule has 0 amide bonds. The van der Waals surface area contributed by atoms with Crippen molar-refractivity contribution in [1.82, 2.24) is 0 Å². The molecule has 0 spiro atoms. The molecule has 80 valence electrons. The fraction of sp³-hybridized carbons (Fsp3) is 0.250. The van der Waals surface area contributed by atoms with Crippen molar-refractivity contribution >= 4 is 5.97 Å². The van der Waals surface area contributed by atoms with Crippen LogP contribution in [0.3, 0.4) is 0 Å². The molecule has 0 saturated heterocycles. The van der Waals surface area contributed by atoms with E-state index in [0.29, 0.717) is 5.56 Å². The van der Waals surface area contributed by atoms with Crippen molar-refractivity contribution in [3.63, 3.8) is 0 Å². The van der Waals surface area contributed by atoms with E-state index in [1.165, 1.54) is 12.3 Å². The molecule has 0 aliphatic heterocycles. The first-order chi connectivity index (χ1) is 6.99. The topological polar surface area (TPSA) is 46.5 Å². The number of carbonyl (C=O) groups is 1. The van der Waals surface area contributed by atoms with Crippen LogP contribution >= 0.6 is 0 Å². The normalized spacial score (nSPS) is 11.7. The second-order valence-electron chi connectivity index (χ2n) is 3.73. The molecule has 0 unspecified atom stereocenters. The molecular formula is C12H14O3. The zero-order valence-electron chi connectivity index (χ0n) is 8.81. The average Bonchev–Trinajstić information content (AvgIpc) is 2.17. The van der Waals surface area contributed by atoms with Crippen molar-refractivity contribution in [2.45, 2.75) is 19.4 Å². The Morgan fingerprint density at radius 3 is 2.47 bits per heavy atom. The number of carbonyl (C=O) groups excluding carboxylic acids is 1. The van der Waals surface area contributed by atoms with Crippen molar-refractivity contribution in [2.24, 2.45) is 0 Å². The summed E-state index contributed by atoms with van der Waals surface area (Å²) < 4.78 is 4.82. The van der Waals surface area contributed by atoms with Crippen molar-refractivity contribution in [3.05, 3.63) is 48.2 Å². The van der Waals surface area contributed by atoms with Crippen molar-refractivity contribution in [1.29, 1.82) is 0 Å². The highest BCUT2D eigenvalue weighted by atomic mass is 16.5. The van der Waals surface area contributed by atoms with Gasteiger partial charge in [0.1, 0.15) is 0 Å². The van der Waals surface area contributed by atoms with E-state index in [2.05, 4.69) is 0 Å². The summed E-state index contributed by atoms with van der Waals surface area (Å²) in [5.74, 6) is -0.434. The molecular weight excluding hydrogens is 192 g/mol. The van der Waals surface area contributed by atoms with Crippen molar-refractivity contribution in [2.75, 3.05) is 0 Å². The van der Waals surface area contributed by atoms with E-state index in [4.69, 9.17) is 4.74 Å². The van der Waals surface area contributed by atoms with Crippen LogP contribution in [0.1, 0.15) is 24.2 Å². The lowest BCUT2D eigenvalue weighted by Gasteiger charge is -2.09. The molecule has 1 aromatic rings. The zero-order valence-corrected chi connectivity index (χ0v) is 8.81. The zero-order chi connectivity index (χ0) is 11.3. The summed E-state index contributed by atoms with van der Waals surface area (Å²) >= 11 is 0. The molecule has 1 aromatic carbocycles. The quantitative estimate of drug-likeness (QED) is 0.608. The Hall–Kier alpha value is -1.61. The number of rotatable bonds is 3. The minimum absolute atomic E-state index is 0.434. The Labute approximate surface area is 89.0 Å². The monoisotopic (exact) mass is 206 g/mol. The third kappa shape index (κ3) is 4.42. The number of benzene rings is 1. The minimum atomic E-state index is -0.975. The van der Waals surface area contributed by atoms with Gasteiger partial charge in [-0.15, -0.1) is 0 Å². The van der Waals surface area contributed by atoms with Crippen LogP contribution in [0.2, 0.25) is 0 Å². The Morgan fingerprint density at radius 2 is 1.93 bits per heavy atom. The number of hydrogen-bond donors (Lipinski definition) is 1. The second-order valence-corrected chi connectivity index (χ2v) is 3.73. The van der Waals surface area contributed by atoms with Gasteiger partial charge >= 0.3 is 5.97 Å². The van der Waals surface area contributed by atoms with Crippen LogP contribution in [-0.4, -0.2) is 16.7 Å². The van der Waals surface area contributed by atoms with E-state index in [9.17, 15) is 9.90 Å². The van der Waals surface area contributed by atoms with E-state index in [1.807, 2.05) is 6.07 Å². The Balaban J connectivity index is 2.55. The van der Waals surface area contributed by atoms with E-state index in [1.54, 1.807) is 38.1 Å². The summed E-state index contributed by atoms with van der Waals surface area (Å²) in [4.78, 5) is 11.4. The fourth-order valence-electron chi connectivity index (χ4n) is 0.905. The first-order valence-corrected chi connectivity index (χ1v) is 4.65. The van der Waals surface area contributed by atoms with Crippen LogP contribution in [0, 0.1) is 0 Å². The van der Waals surface area contributed by atoms with Gasteiger partial charge in [-0.25, -0.2) is 4.79 Å². The molecule has 0 fully saturated rings. The molecule has 3 heteroatoms. The van der Waals surface area contributed by atoms with Crippen LogP contribution < -0.4 is 0 Å². The number of ether oxygens (including phenoxy) is 1. The van der Waals surface area contributed by atoms with E-state index >= 15 is 0 Å². The lowest BCUT2D eigenvalue weighted by atomic mass is 10.1. The summed E-state index contributed by atoms with van der Waals surface area (Å²) in [6.07, 6.45) is 2.61. The third-order valence-corrected chi connectivity index (χ3v) is 1.66. The van der Waals surface area contributed by atoms with E-state index in [-0.39, 0.29) is 0 Å². The van der Waals surface area contributed by atoms with Crippen LogP contribution in [0.4, 0.5) is 0 Å². The standard InChI is InChI=1S/C12H14O3/c1-12(2,14)8-9-15-11(13)10-6-4-3-5-7-10/h3-9,14H,1-2H3/b9-8+. The largest absolute Gasteiger partial charge is 0.431 e. The first kappa shape index (κ1) is 11.5. The van der Waals surface area contributed by atoms with Crippen LogP contribution in [0.25, 0.3) is 0 Å². The van der Waals surface area contributed by atoms with Gasteiger partial charge in [0.05, 0.1) is 17.4 Å². The molecule has 0 saturated carbocycles. The Kier molecular flexibility index (Phi) is 3.63. The van der Waals surface area contributed by atoms with Crippen LogP contribution in [0.15, 0.2) is 42.7 Å². The highest BCUT2D eigenvalue weighted by molar-refractivity contribution is 5.89. The van der Waals surface area contributed by atoms with Gasteiger partial charge in [-0.3, -0.25) is 0 Å². The van der Waals surface area contributed by atoms with E-state index in [0.717, 1.165) is 0 Å². The maximum atomic E-state index is 11.4. The number of esters is 1. The molecule has 0 heterocycles. The lowest BCUT2D eigenvalue weighted by molar-refractivity contribution is 0.0652. The van der Waals surface area contributed by atoms with Crippen LogP contribution in [0.5, 0.6) is 0 Å². The summed E-state index contributed by atoms with van der Waals surface area (Å²) in [5.41, 5.74) is -0.491. The predicted octanol–water partition coefficient (Wildman–Crippen LogP) is 2.13. The van der Waals surface area contributed by atoms with Crippen LogP contribution in [-0.2, 0) is 4.74 Å². The molecule has 15 heavy (non-hydrogen) atoms. The van der Waals surface area contributed by atoms with Gasteiger partial charge in [0.2, 0.25) is 0 Å². The summed E-state index contributed by atoms with van der Waals surface area (Å²) in [7, 11) is 0. The molecule has 1 N–H and O–H groups in total. The van der Waals surface area contributed by atoms with Gasteiger partial charge in [0, 0.05) is 0 Å². The highest BCUT2D eigenvalue weighted by Crippen LogP contribution is 2.05. The van der Waals surface area contributed by atoms with Gasteiger partial charge in [0.15, 0.2) is 0 Å². The summed E-state index contributed by atoms with van der Waals surface area (Å²) in [5, 5.41) is 9.32. The van der Waals surface area contributed by atoms with Gasteiger partial charge in [-0.05, 0) is 32.1 Å². The van der Waals surface area contributed by atoms with Gasteiger partial charge in [-0.2, -0.15) is 0 Å². The van der Waals surface area contributed by atoms with Crippen molar-refractivity contribution in [3.8, 4) is 0 Å². The maximum Gasteiger partial charge on any atom is 0.342 e. The lowest BCUT2D eigenvalue weighted by Crippen LogP contribution is -2.14. The summed E-state index contributed by atoms with van der Waals surface area (Å²) in [6.45, 7) is 3.19. The Bertz CT molecular complexity index is 347. The smallest absolute Gasteiger partial charge is 0.342 e. The molecule has 3 nitrogen and oxygen atoms in total. The van der Waals surface area contributed by atoms with E-state index < -0.39 is 11.6 Å². The SMILES string of the molecule is CC(C)(O)/C=C/OC(=O)c1ccccc1. The van der Waals surface area contributed by atoms with Crippen molar-refractivity contribution < 1.29 is 14.6 Å². The third-order valence-electron chi connectivity index (χ3n) is 1.66. The predicted molar refractivity (Wildman–Crippen MR) is 57.3 cm³/mol. The minimum Gasteiger partial charge on any atom is -0.431 e. The van der Waals surface area contributed by atoms with Gasteiger partial charge < -0.3 is 9.84 Å². The molecule has 0 bridgehead atoms. The fourth-order valence-corrected chi connectivity index (χ4v) is 0.905. The molecule has 0 aliphatic carbocycles. The first-order valence-electron chi connectivity index (χ1n) is 4.65. The second kappa shape index (κ2) is 4.75. The average molecular weight is 206 g/mol. The molecule has 0 aromatic heterocycles. The number of hydrogen-bond acceptors (Lipinski definition) is 3. The molecule has 0 atom stereocenters. The molecule has 0 aliphatic rings. The van der Waals surface area contributed by atoms with Gasteiger partial charge in [0.25, 0.3) is 0 Å². The van der Waals surface area contributed by atoms with Gasteiger partial charge in [-0.1, -0.05) is 18.2 Å². The highest BCUT2D eigenvalue weighted by Gasteiger charge is 2.08. The molecule has 1 rings (SSSR count). The Morgan fingerprint density at radius 1 is 1.33 bits per heavy atom. The number of aliphatic hydroxyl groups is 1. The summed E-state index contributed by atoms with van der Waals surface area (Å²) in [6, 6.07) is 8.68. The maximum absolute atomic E-state index is 11.4. The molecule has 0 radical (unpaired) electrons.